The molecule has 34 heavy (non-hydrogen) atoms. The van der Waals surface area contributed by atoms with Gasteiger partial charge in [-0.15, -0.1) is 22.7 Å². The van der Waals surface area contributed by atoms with Gasteiger partial charge in [-0.2, -0.15) is 5.10 Å². The van der Waals surface area contributed by atoms with Gasteiger partial charge < -0.3 is 15.0 Å². The highest BCUT2D eigenvalue weighted by Crippen LogP contribution is 2.37. The minimum Gasteiger partial charge on any atom is -0.379 e. The van der Waals surface area contributed by atoms with Crippen LogP contribution in [0.25, 0.3) is 0 Å². The first-order valence-electron chi connectivity index (χ1n) is 11.8. The molecule has 1 saturated heterocycles. The van der Waals surface area contributed by atoms with E-state index in [1.165, 1.54) is 0 Å². The van der Waals surface area contributed by atoms with E-state index in [1.807, 2.05) is 31.4 Å². The second-order valence-corrected chi connectivity index (χ2v) is 10.8. The SMILES string of the molecule is Cc1ccsc1[C@@H]1CC(c2cccs2)=NN1C(=O)CN(CCN1CCOCC1)C(=O)NC(C)C. The van der Waals surface area contributed by atoms with Gasteiger partial charge in [-0.25, -0.2) is 9.80 Å². The van der Waals surface area contributed by atoms with Gasteiger partial charge in [0.1, 0.15) is 6.54 Å². The molecule has 0 radical (unpaired) electrons. The maximum absolute atomic E-state index is 13.6. The Hall–Kier alpha value is -2.27. The van der Waals surface area contributed by atoms with Crippen molar-refractivity contribution in [3.8, 4) is 0 Å². The van der Waals surface area contributed by atoms with E-state index in [9.17, 15) is 9.59 Å². The molecule has 0 unspecified atom stereocenters. The lowest BCUT2D eigenvalue weighted by Crippen LogP contribution is -2.50. The quantitative estimate of drug-likeness (QED) is 0.598. The minimum atomic E-state index is -0.220. The molecule has 0 aromatic carbocycles. The van der Waals surface area contributed by atoms with Crippen LogP contribution in [0.1, 0.15) is 41.6 Å². The number of carbonyl (C=O) groups is 2. The monoisotopic (exact) mass is 503 g/mol. The van der Waals surface area contributed by atoms with Crippen LogP contribution in [0.15, 0.2) is 34.1 Å². The second kappa shape index (κ2) is 11.4. The number of hydrogen-bond donors (Lipinski definition) is 1. The summed E-state index contributed by atoms with van der Waals surface area (Å²) >= 11 is 3.29. The van der Waals surface area contributed by atoms with Crippen molar-refractivity contribution in [3.05, 3.63) is 44.3 Å². The molecular weight excluding hydrogens is 470 g/mol. The van der Waals surface area contributed by atoms with Gasteiger partial charge in [0, 0.05) is 43.5 Å². The highest BCUT2D eigenvalue weighted by molar-refractivity contribution is 7.12. The zero-order valence-electron chi connectivity index (χ0n) is 20.0. The second-order valence-electron chi connectivity index (χ2n) is 8.93. The van der Waals surface area contributed by atoms with Crippen LogP contribution in [0, 0.1) is 6.92 Å². The number of ether oxygens (including phenoxy) is 1. The summed E-state index contributed by atoms with van der Waals surface area (Å²) in [6, 6.07) is 5.75. The summed E-state index contributed by atoms with van der Waals surface area (Å²) in [6.45, 7) is 10.2. The lowest BCUT2D eigenvalue weighted by molar-refractivity contribution is -0.133. The third kappa shape index (κ3) is 6.04. The van der Waals surface area contributed by atoms with Crippen molar-refractivity contribution in [2.24, 2.45) is 5.10 Å². The van der Waals surface area contributed by atoms with Crippen molar-refractivity contribution in [1.82, 2.24) is 20.1 Å². The Morgan fingerprint density at radius 2 is 2.03 bits per heavy atom. The van der Waals surface area contributed by atoms with E-state index in [2.05, 4.69) is 28.6 Å². The van der Waals surface area contributed by atoms with Gasteiger partial charge in [-0.05, 0) is 49.2 Å². The van der Waals surface area contributed by atoms with Gasteiger partial charge >= 0.3 is 6.03 Å². The topological polar surface area (TPSA) is 77.5 Å². The fourth-order valence-corrected chi connectivity index (χ4v) is 5.91. The standard InChI is InChI=1S/C24H33N5O3S2/c1-17(2)25-24(31)28(8-7-27-9-11-32-12-10-27)16-22(30)29-20(23-18(3)6-14-34-23)15-19(26-29)21-5-4-13-33-21/h4-6,13-14,17,20H,7-12,15-16H2,1-3H3,(H,25,31)/t20-/m0/s1. The lowest BCUT2D eigenvalue weighted by atomic mass is 10.1. The molecule has 1 atom stereocenters. The van der Waals surface area contributed by atoms with Crippen LogP contribution < -0.4 is 5.32 Å². The highest BCUT2D eigenvalue weighted by Gasteiger charge is 2.36. The van der Waals surface area contributed by atoms with E-state index in [0.29, 0.717) is 32.7 Å². The highest BCUT2D eigenvalue weighted by atomic mass is 32.1. The van der Waals surface area contributed by atoms with Gasteiger partial charge in [0.05, 0.1) is 29.8 Å². The Kier molecular flexibility index (Phi) is 8.36. The number of morpholine rings is 1. The molecule has 0 saturated carbocycles. The summed E-state index contributed by atoms with van der Waals surface area (Å²) in [6.07, 6.45) is 0.680. The van der Waals surface area contributed by atoms with Crippen LogP contribution in [0.3, 0.4) is 0 Å². The molecule has 4 heterocycles. The molecule has 4 rings (SSSR count). The Morgan fingerprint density at radius 1 is 1.24 bits per heavy atom. The number of carbonyl (C=O) groups excluding carboxylic acids is 2. The number of urea groups is 1. The average Bonchev–Trinajstić information content (AvgIpc) is 3.56. The number of aryl methyl sites for hydroxylation is 1. The number of thiophene rings is 2. The van der Waals surface area contributed by atoms with Crippen molar-refractivity contribution >= 4 is 40.3 Å². The van der Waals surface area contributed by atoms with E-state index in [1.54, 1.807) is 32.6 Å². The average molecular weight is 504 g/mol. The minimum absolute atomic E-state index is 0.00889. The van der Waals surface area contributed by atoms with Crippen molar-refractivity contribution in [2.75, 3.05) is 45.9 Å². The van der Waals surface area contributed by atoms with E-state index in [4.69, 9.17) is 9.84 Å². The first kappa shape index (κ1) is 24.8. The van der Waals surface area contributed by atoms with E-state index in [-0.39, 0.29) is 30.6 Å². The molecule has 2 aromatic heterocycles. The van der Waals surface area contributed by atoms with Crippen LogP contribution in [0.2, 0.25) is 0 Å². The van der Waals surface area contributed by atoms with Gasteiger partial charge in [0.15, 0.2) is 0 Å². The lowest BCUT2D eigenvalue weighted by Gasteiger charge is -2.31. The van der Waals surface area contributed by atoms with Crippen LogP contribution in [-0.4, -0.2) is 84.4 Å². The fourth-order valence-electron chi connectivity index (χ4n) is 4.18. The largest absolute Gasteiger partial charge is 0.379 e. The fraction of sp³-hybridized carbons (Fsp3) is 0.542. The summed E-state index contributed by atoms with van der Waals surface area (Å²) in [5.41, 5.74) is 2.09. The van der Waals surface area contributed by atoms with Crippen LogP contribution in [0.4, 0.5) is 4.79 Å². The van der Waals surface area contributed by atoms with Crippen molar-refractivity contribution in [1.29, 1.82) is 0 Å². The van der Waals surface area contributed by atoms with Gasteiger partial charge in [0.2, 0.25) is 0 Å². The van der Waals surface area contributed by atoms with Crippen molar-refractivity contribution in [2.45, 2.75) is 39.3 Å². The van der Waals surface area contributed by atoms with E-state index >= 15 is 0 Å². The number of hydrogen-bond acceptors (Lipinski definition) is 7. The molecule has 1 N–H and O–H groups in total. The summed E-state index contributed by atoms with van der Waals surface area (Å²) in [5, 5.41) is 13.4. The molecule has 8 nitrogen and oxygen atoms in total. The van der Waals surface area contributed by atoms with E-state index < -0.39 is 0 Å². The van der Waals surface area contributed by atoms with E-state index in [0.717, 1.165) is 34.1 Å². The molecule has 2 aliphatic heterocycles. The van der Waals surface area contributed by atoms with Crippen LogP contribution >= 0.6 is 22.7 Å². The van der Waals surface area contributed by atoms with Crippen molar-refractivity contribution in [3.63, 3.8) is 0 Å². The molecule has 184 valence electrons. The van der Waals surface area contributed by atoms with Gasteiger partial charge in [-0.3, -0.25) is 9.69 Å². The molecule has 0 bridgehead atoms. The predicted molar refractivity (Wildman–Crippen MR) is 137 cm³/mol. The Labute approximate surface area is 209 Å². The molecule has 1 fully saturated rings. The smallest absolute Gasteiger partial charge is 0.318 e. The summed E-state index contributed by atoms with van der Waals surface area (Å²) in [5.74, 6) is -0.162. The number of rotatable bonds is 8. The molecule has 0 aliphatic carbocycles. The van der Waals surface area contributed by atoms with Crippen LogP contribution in [0.5, 0.6) is 0 Å². The maximum Gasteiger partial charge on any atom is 0.318 e. The molecule has 2 aromatic rings. The number of nitrogens with zero attached hydrogens (tertiary/aromatic N) is 4. The number of amides is 3. The van der Waals surface area contributed by atoms with Crippen molar-refractivity contribution < 1.29 is 14.3 Å². The number of hydrazone groups is 1. The summed E-state index contributed by atoms with van der Waals surface area (Å²) in [4.78, 5) is 32.7. The number of nitrogens with one attached hydrogen (secondary N) is 1. The van der Waals surface area contributed by atoms with Gasteiger partial charge in [-0.1, -0.05) is 6.07 Å². The Morgan fingerprint density at radius 3 is 2.68 bits per heavy atom. The molecule has 0 spiro atoms. The third-order valence-electron chi connectivity index (χ3n) is 5.99. The molecule has 10 heteroatoms. The molecule has 2 aliphatic rings. The Bertz CT molecular complexity index is 998. The first-order chi connectivity index (χ1) is 16.4. The third-order valence-corrected chi connectivity index (χ3v) is 8.03. The maximum atomic E-state index is 13.6. The zero-order valence-corrected chi connectivity index (χ0v) is 21.7. The van der Waals surface area contributed by atoms with Gasteiger partial charge in [0.25, 0.3) is 5.91 Å². The summed E-state index contributed by atoms with van der Waals surface area (Å²) < 4.78 is 5.43. The summed E-state index contributed by atoms with van der Waals surface area (Å²) in [7, 11) is 0. The Balaban J connectivity index is 1.51. The molecule has 3 amide bonds. The molecular formula is C24H33N5O3S2. The first-order valence-corrected chi connectivity index (χ1v) is 13.5. The zero-order chi connectivity index (χ0) is 24.1. The normalized spacial score (nSPS) is 18.9. The predicted octanol–water partition coefficient (Wildman–Crippen LogP) is 3.55. The van der Waals surface area contributed by atoms with Crippen LogP contribution in [-0.2, 0) is 9.53 Å².